The number of aromatic amines is 1. The maximum Gasteiger partial charge on any atom is 0.269 e. The molecule has 0 bridgehead atoms. The average molecular weight is 193 g/mol. The van der Waals surface area contributed by atoms with Gasteiger partial charge in [-0.15, -0.1) is 0 Å². The summed E-state index contributed by atoms with van der Waals surface area (Å²) in [6.07, 6.45) is 0. The van der Waals surface area contributed by atoms with E-state index in [1.807, 2.05) is 13.0 Å². The summed E-state index contributed by atoms with van der Waals surface area (Å²) in [5, 5.41) is 0.536. The lowest BCUT2D eigenvalue weighted by Gasteiger charge is -1.96. The number of H-pyrrole nitrogens is 1. The molecule has 1 aromatic carbocycles. The zero-order valence-corrected chi connectivity index (χ0v) is 7.77. The monoisotopic (exact) mass is 193 g/mol. The van der Waals surface area contributed by atoms with Gasteiger partial charge >= 0.3 is 0 Å². The van der Waals surface area contributed by atoms with Crippen LogP contribution >= 0.6 is 12.2 Å². The Bertz CT molecular complexity index is 568. The van der Waals surface area contributed by atoms with Crippen LogP contribution in [0.2, 0.25) is 0 Å². The molecule has 1 N–H and O–H groups in total. The molecule has 4 heteroatoms. The zero-order valence-electron chi connectivity index (χ0n) is 6.96. The zero-order chi connectivity index (χ0) is 9.42. The molecule has 13 heavy (non-hydrogen) atoms. The normalized spacial score (nSPS) is 10.5. The fraction of sp³-hybridized carbons (Fsp3) is 0.111. The van der Waals surface area contributed by atoms with Crippen molar-refractivity contribution in [1.29, 1.82) is 0 Å². The van der Waals surface area contributed by atoms with Crippen LogP contribution in [0.5, 0.6) is 0 Å². The Kier molecular flexibility index (Phi) is 1.77. The Balaban J connectivity index is 3.04. The van der Waals surface area contributed by atoms with Crippen molar-refractivity contribution in [2.45, 2.75) is 6.92 Å². The molecule has 1 aromatic heterocycles. The highest BCUT2D eigenvalue weighted by atomic mass is 32.1. The Hall–Kier alpha value is -1.42. The molecule has 66 valence electrons. The Labute approximate surface area is 79.0 Å². The SMILES string of the molecule is Cc1ccc2oc(=S)[nH]c(=O)c2c1. The highest BCUT2D eigenvalue weighted by Crippen LogP contribution is 2.10. The van der Waals surface area contributed by atoms with E-state index in [9.17, 15) is 4.79 Å². The second-order valence-electron chi connectivity index (χ2n) is 2.84. The van der Waals surface area contributed by atoms with Gasteiger partial charge in [0.2, 0.25) is 0 Å². The maximum atomic E-state index is 11.4. The van der Waals surface area contributed by atoms with Crippen LogP contribution < -0.4 is 5.56 Å². The van der Waals surface area contributed by atoms with Gasteiger partial charge in [0.1, 0.15) is 5.58 Å². The topological polar surface area (TPSA) is 46.0 Å². The van der Waals surface area contributed by atoms with Gasteiger partial charge in [0.25, 0.3) is 10.4 Å². The van der Waals surface area contributed by atoms with Gasteiger partial charge in [-0.2, -0.15) is 0 Å². The van der Waals surface area contributed by atoms with Crippen LogP contribution in [-0.2, 0) is 0 Å². The van der Waals surface area contributed by atoms with E-state index in [1.165, 1.54) is 0 Å². The molecule has 2 aromatic rings. The molecular weight excluding hydrogens is 186 g/mol. The van der Waals surface area contributed by atoms with Gasteiger partial charge in [0, 0.05) is 0 Å². The van der Waals surface area contributed by atoms with Crippen molar-refractivity contribution in [3.8, 4) is 0 Å². The fourth-order valence-corrected chi connectivity index (χ4v) is 1.38. The lowest BCUT2D eigenvalue weighted by Crippen LogP contribution is -2.05. The molecule has 2 rings (SSSR count). The summed E-state index contributed by atoms with van der Waals surface area (Å²) in [7, 11) is 0. The van der Waals surface area contributed by atoms with Crippen molar-refractivity contribution < 1.29 is 4.42 Å². The van der Waals surface area contributed by atoms with E-state index in [2.05, 4.69) is 4.98 Å². The van der Waals surface area contributed by atoms with E-state index >= 15 is 0 Å². The maximum absolute atomic E-state index is 11.4. The number of hydrogen-bond donors (Lipinski definition) is 1. The van der Waals surface area contributed by atoms with E-state index in [0.29, 0.717) is 11.0 Å². The largest absolute Gasteiger partial charge is 0.431 e. The standard InChI is InChI=1S/C9H7NO2S/c1-5-2-3-7-6(4-5)8(11)10-9(13)12-7/h2-4H,1H3,(H,10,11,13). The van der Waals surface area contributed by atoms with E-state index in [-0.39, 0.29) is 10.4 Å². The molecule has 0 spiro atoms. The van der Waals surface area contributed by atoms with E-state index in [1.54, 1.807) is 12.1 Å². The fourth-order valence-electron chi connectivity index (χ4n) is 1.20. The molecule has 0 atom stereocenters. The third-order valence-corrected chi connectivity index (χ3v) is 1.98. The highest BCUT2D eigenvalue weighted by Gasteiger charge is 2.00. The number of aryl methyl sites for hydroxylation is 1. The van der Waals surface area contributed by atoms with Crippen molar-refractivity contribution in [3.63, 3.8) is 0 Å². The summed E-state index contributed by atoms with van der Waals surface area (Å²) in [6, 6.07) is 5.39. The van der Waals surface area contributed by atoms with Crippen molar-refractivity contribution in [3.05, 3.63) is 39.0 Å². The third-order valence-electron chi connectivity index (χ3n) is 1.80. The molecule has 0 aliphatic heterocycles. The molecule has 0 radical (unpaired) electrons. The number of hydrogen-bond acceptors (Lipinski definition) is 3. The highest BCUT2D eigenvalue weighted by molar-refractivity contribution is 7.71. The first-order valence-corrected chi connectivity index (χ1v) is 4.21. The van der Waals surface area contributed by atoms with E-state index in [0.717, 1.165) is 5.56 Å². The predicted octanol–water partition coefficient (Wildman–Crippen LogP) is 2.16. The molecule has 0 saturated carbocycles. The number of rotatable bonds is 0. The van der Waals surface area contributed by atoms with Crippen LogP contribution in [0.15, 0.2) is 27.4 Å². The second-order valence-corrected chi connectivity index (χ2v) is 3.21. The molecule has 0 amide bonds. The lowest BCUT2D eigenvalue weighted by molar-refractivity contribution is 0.556. The van der Waals surface area contributed by atoms with Crippen LogP contribution in [-0.4, -0.2) is 4.98 Å². The summed E-state index contributed by atoms with van der Waals surface area (Å²) in [4.78, 5) is 13.9. The van der Waals surface area contributed by atoms with E-state index < -0.39 is 0 Å². The predicted molar refractivity (Wildman–Crippen MR) is 52.4 cm³/mol. The summed E-state index contributed by atoms with van der Waals surface area (Å²) >= 11 is 4.74. The lowest BCUT2D eigenvalue weighted by atomic mass is 10.2. The molecule has 0 fully saturated rings. The van der Waals surface area contributed by atoms with Gasteiger partial charge in [0.05, 0.1) is 5.39 Å². The minimum absolute atomic E-state index is 0.112. The van der Waals surface area contributed by atoms with E-state index in [4.69, 9.17) is 16.6 Å². The van der Waals surface area contributed by atoms with Gasteiger partial charge < -0.3 is 4.42 Å². The summed E-state index contributed by atoms with van der Waals surface area (Å²) in [5.74, 6) is 0. The molecular formula is C9H7NO2S. The molecule has 0 saturated heterocycles. The molecule has 3 nitrogen and oxygen atoms in total. The van der Waals surface area contributed by atoms with Gasteiger partial charge in [-0.25, -0.2) is 0 Å². The number of fused-ring (bicyclic) bond motifs is 1. The van der Waals surface area contributed by atoms with Crippen LogP contribution in [0.25, 0.3) is 11.0 Å². The minimum atomic E-state index is -0.199. The third kappa shape index (κ3) is 1.40. The van der Waals surface area contributed by atoms with Gasteiger partial charge in [-0.1, -0.05) is 11.6 Å². The van der Waals surface area contributed by atoms with Crippen LogP contribution in [0.4, 0.5) is 0 Å². The summed E-state index contributed by atoms with van der Waals surface area (Å²) in [5.41, 5.74) is 1.35. The Morgan fingerprint density at radius 3 is 3.00 bits per heavy atom. The number of aromatic nitrogens is 1. The first-order valence-electron chi connectivity index (χ1n) is 3.80. The molecule has 0 aliphatic carbocycles. The quantitative estimate of drug-likeness (QED) is 0.652. The van der Waals surface area contributed by atoms with Crippen LogP contribution in [0, 0.1) is 11.8 Å². The number of benzene rings is 1. The van der Waals surface area contributed by atoms with Gasteiger partial charge in [-0.3, -0.25) is 9.78 Å². The minimum Gasteiger partial charge on any atom is -0.431 e. The average Bonchev–Trinajstić information content (AvgIpc) is 2.06. The van der Waals surface area contributed by atoms with Gasteiger partial charge in [0.15, 0.2) is 0 Å². The first kappa shape index (κ1) is 8.19. The van der Waals surface area contributed by atoms with Crippen molar-refractivity contribution in [1.82, 2.24) is 4.98 Å². The van der Waals surface area contributed by atoms with Gasteiger partial charge in [-0.05, 0) is 31.3 Å². The second kappa shape index (κ2) is 2.81. The summed E-state index contributed by atoms with van der Waals surface area (Å²) in [6.45, 7) is 1.92. The van der Waals surface area contributed by atoms with Crippen molar-refractivity contribution in [2.75, 3.05) is 0 Å². The Morgan fingerprint density at radius 2 is 2.23 bits per heavy atom. The first-order chi connectivity index (χ1) is 6.16. The van der Waals surface area contributed by atoms with Crippen LogP contribution in [0.3, 0.4) is 0 Å². The van der Waals surface area contributed by atoms with Crippen molar-refractivity contribution in [2.24, 2.45) is 0 Å². The van der Waals surface area contributed by atoms with Crippen molar-refractivity contribution >= 4 is 23.2 Å². The smallest absolute Gasteiger partial charge is 0.269 e. The molecule has 1 heterocycles. The number of nitrogens with one attached hydrogen (secondary N) is 1. The molecule has 0 unspecified atom stereocenters. The molecule has 0 aliphatic rings. The Morgan fingerprint density at radius 1 is 1.46 bits per heavy atom. The van der Waals surface area contributed by atoms with Crippen LogP contribution in [0.1, 0.15) is 5.56 Å². The summed E-state index contributed by atoms with van der Waals surface area (Å²) < 4.78 is 5.16.